The number of aromatic nitrogens is 1. The zero-order valence-electron chi connectivity index (χ0n) is 10.2. The molecule has 1 heterocycles. The predicted octanol–water partition coefficient (Wildman–Crippen LogP) is 4.26. The lowest BCUT2D eigenvalue weighted by atomic mass is 9.99. The molecule has 0 aliphatic heterocycles. The number of fused-ring (bicyclic) bond motifs is 3. The lowest BCUT2D eigenvalue weighted by Gasteiger charge is -2.10. The summed E-state index contributed by atoms with van der Waals surface area (Å²) in [5, 5.41) is 3.91. The Morgan fingerprint density at radius 2 is 1.71 bits per heavy atom. The van der Waals surface area contributed by atoms with Crippen LogP contribution in [0.15, 0.2) is 42.5 Å². The summed E-state index contributed by atoms with van der Waals surface area (Å²) < 4.78 is 0. The summed E-state index contributed by atoms with van der Waals surface area (Å²) in [6.45, 7) is 4.33. The van der Waals surface area contributed by atoms with E-state index in [-0.39, 0.29) is 0 Å². The van der Waals surface area contributed by atoms with Crippen molar-refractivity contribution in [1.82, 2.24) is 4.98 Å². The van der Waals surface area contributed by atoms with Gasteiger partial charge in [-0.3, -0.25) is 4.98 Å². The van der Waals surface area contributed by atoms with Gasteiger partial charge in [0.1, 0.15) is 0 Å². The van der Waals surface area contributed by atoms with Gasteiger partial charge in [-0.2, -0.15) is 0 Å². The molecular formula is C16H15N. The first-order chi connectivity index (χ1) is 8.31. The molecule has 0 saturated heterocycles. The van der Waals surface area contributed by atoms with Crippen molar-refractivity contribution in [2.75, 3.05) is 0 Å². The molecule has 0 fully saturated rings. The van der Waals surface area contributed by atoms with Gasteiger partial charge in [0.25, 0.3) is 0 Å². The Morgan fingerprint density at radius 3 is 2.53 bits per heavy atom. The molecule has 3 rings (SSSR count). The van der Waals surface area contributed by atoms with E-state index in [0.29, 0.717) is 0 Å². The highest BCUT2D eigenvalue weighted by atomic mass is 14.7. The van der Waals surface area contributed by atoms with E-state index in [4.69, 9.17) is 4.98 Å². The highest BCUT2D eigenvalue weighted by Crippen LogP contribution is 2.28. The summed E-state index contributed by atoms with van der Waals surface area (Å²) in [6.07, 6.45) is 0.978. The van der Waals surface area contributed by atoms with Gasteiger partial charge in [-0.25, -0.2) is 0 Å². The van der Waals surface area contributed by atoms with Crippen molar-refractivity contribution >= 4 is 21.7 Å². The number of nitrogens with zero attached hydrogens (tertiary/aromatic N) is 1. The molecule has 1 aromatic heterocycles. The molecule has 2 aromatic carbocycles. The molecule has 0 atom stereocenters. The van der Waals surface area contributed by atoms with Crippen LogP contribution in [0, 0.1) is 6.92 Å². The fourth-order valence-electron chi connectivity index (χ4n) is 2.53. The average Bonchev–Trinajstić information content (AvgIpc) is 2.38. The number of aryl methyl sites for hydroxylation is 2. The van der Waals surface area contributed by atoms with Crippen LogP contribution >= 0.6 is 0 Å². The maximum atomic E-state index is 4.78. The van der Waals surface area contributed by atoms with Crippen molar-refractivity contribution in [3.63, 3.8) is 0 Å². The number of hydrogen-bond acceptors (Lipinski definition) is 1. The normalized spacial score (nSPS) is 11.2. The minimum absolute atomic E-state index is 0.978. The third-order valence-corrected chi connectivity index (χ3v) is 3.35. The first-order valence-electron chi connectivity index (χ1n) is 6.08. The summed E-state index contributed by atoms with van der Waals surface area (Å²) >= 11 is 0. The van der Waals surface area contributed by atoms with Crippen molar-refractivity contribution in [2.24, 2.45) is 0 Å². The van der Waals surface area contributed by atoms with Crippen LogP contribution in [0.25, 0.3) is 21.7 Å². The van der Waals surface area contributed by atoms with E-state index < -0.39 is 0 Å². The molecule has 0 amide bonds. The Bertz CT molecular complexity index is 698. The highest BCUT2D eigenvalue weighted by Gasteiger charge is 2.08. The van der Waals surface area contributed by atoms with E-state index in [9.17, 15) is 0 Å². The lowest BCUT2D eigenvalue weighted by molar-refractivity contribution is 1.07. The van der Waals surface area contributed by atoms with Crippen LogP contribution in [0.2, 0.25) is 0 Å². The largest absolute Gasteiger partial charge is 0.252 e. The molecule has 0 spiro atoms. The highest BCUT2D eigenvalue weighted by molar-refractivity contribution is 6.07. The Labute approximate surface area is 101 Å². The fraction of sp³-hybridized carbons (Fsp3) is 0.188. The molecule has 0 aliphatic carbocycles. The average molecular weight is 221 g/mol. The molecule has 0 aliphatic rings. The maximum Gasteiger partial charge on any atom is 0.0711 e. The lowest BCUT2D eigenvalue weighted by Crippen LogP contribution is -1.93. The van der Waals surface area contributed by atoms with Crippen molar-refractivity contribution in [2.45, 2.75) is 20.3 Å². The number of rotatable bonds is 1. The first kappa shape index (κ1) is 10.3. The molecule has 17 heavy (non-hydrogen) atoms. The van der Waals surface area contributed by atoms with Gasteiger partial charge < -0.3 is 0 Å². The Morgan fingerprint density at radius 1 is 0.941 bits per heavy atom. The third-order valence-electron chi connectivity index (χ3n) is 3.35. The van der Waals surface area contributed by atoms with Gasteiger partial charge in [0.15, 0.2) is 0 Å². The number of para-hydroxylation sites is 1. The van der Waals surface area contributed by atoms with Crippen LogP contribution in [0.1, 0.15) is 18.2 Å². The molecule has 3 aromatic rings. The van der Waals surface area contributed by atoms with Crippen molar-refractivity contribution < 1.29 is 0 Å². The van der Waals surface area contributed by atoms with Crippen LogP contribution < -0.4 is 0 Å². The van der Waals surface area contributed by atoms with Gasteiger partial charge in [0, 0.05) is 16.5 Å². The summed E-state index contributed by atoms with van der Waals surface area (Å²) in [5.41, 5.74) is 3.62. The van der Waals surface area contributed by atoms with Gasteiger partial charge in [0.2, 0.25) is 0 Å². The molecule has 0 N–H and O–H groups in total. The van der Waals surface area contributed by atoms with E-state index in [2.05, 4.69) is 56.3 Å². The molecule has 84 valence electrons. The fourth-order valence-corrected chi connectivity index (χ4v) is 2.53. The molecule has 0 saturated carbocycles. The molecule has 0 unspecified atom stereocenters. The van der Waals surface area contributed by atoms with Gasteiger partial charge in [-0.1, -0.05) is 43.3 Å². The van der Waals surface area contributed by atoms with Crippen LogP contribution in [0.5, 0.6) is 0 Å². The van der Waals surface area contributed by atoms with Gasteiger partial charge in [-0.15, -0.1) is 0 Å². The quantitative estimate of drug-likeness (QED) is 0.559. The summed E-state index contributed by atoms with van der Waals surface area (Å²) in [6, 6.07) is 14.9. The van der Waals surface area contributed by atoms with Crippen molar-refractivity contribution in [3.8, 4) is 0 Å². The molecule has 1 nitrogen and oxygen atoms in total. The smallest absolute Gasteiger partial charge is 0.0711 e. The maximum absolute atomic E-state index is 4.78. The van der Waals surface area contributed by atoms with Crippen LogP contribution in [0.4, 0.5) is 0 Å². The van der Waals surface area contributed by atoms with Gasteiger partial charge >= 0.3 is 0 Å². The topological polar surface area (TPSA) is 12.9 Å². The van der Waals surface area contributed by atoms with E-state index >= 15 is 0 Å². The molecule has 0 bridgehead atoms. The minimum atomic E-state index is 0.978. The zero-order chi connectivity index (χ0) is 11.8. The monoisotopic (exact) mass is 221 g/mol. The summed E-state index contributed by atoms with van der Waals surface area (Å²) in [7, 11) is 0. The summed E-state index contributed by atoms with van der Waals surface area (Å²) in [4.78, 5) is 4.78. The number of pyridine rings is 1. The second kappa shape index (κ2) is 3.85. The Kier molecular flexibility index (Phi) is 2.32. The SMILES string of the molecule is CCc1nc2ccccc2c2cccc(C)c12. The second-order valence-electron chi connectivity index (χ2n) is 4.43. The minimum Gasteiger partial charge on any atom is -0.252 e. The number of benzene rings is 2. The third kappa shape index (κ3) is 1.50. The van der Waals surface area contributed by atoms with Crippen LogP contribution in [0.3, 0.4) is 0 Å². The van der Waals surface area contributed by atoms with E-state index in [0.717, 1.165) is 11.9 Å². The zero-order valence-corrected chi connectivity index (χ0v) is 10.2. The standard InChI is InChI=1S/C16H15N/c1-3-14-16-11(2)7-6-9-13(16)12-8-4-5-10-15(12)17-14/h4-10H,3H2,1-2H3. The van der Waals surface area contributed by atoms with E-state index in [1.165, 1.54) is 27.4 Å². The second-order valence-corrected chi connectivity index (χ2v) is 4.43. The van der Waals surface area contributed by atoms with E-state index in [1.807, 2.05) is 0 Å². The predicted molar refractivity (Wildman–Crippen MR) is 73.4 cm³/mol. The van der Waals surface area contributed by atoms with Gasteiger partial charge in [-0.05, 0) is 30.4 Å². The van der Waals surface area contributed by atoms with E-state index in [1.54, 1.807) is 0 Å². The summed E-state index contributed by atoms with van der Waals surface area (Å²) in [5.74, 6) is 0. The number of hydrogen-bond donors (Lipinski definition) is 0. The van der Waals surface area contributed by atoms with Crippen molar-refractivity contribution in [3.05, 3.63) is 53.7 Å². The molecular weight excluding hydrogens is 206 g/mol. The van der Waals surface area contributed by atoms with Crippen LogP contribution in [-0.4, -0.2) is 4.98 Å². The Balaban J connectivity index is 2.60. The van der Waals surface area contributed by atoms with Gasteiger partial charge in [0.05, 0.1) is 5.52 Å². The Hall–Kier alpha value is -1.89. The molecule has 1 heteroatoms. The molecule has 0 radical (unpaired) electrons. The van der Waals surface area contributed by atoms with Crippen molar-refractivity contribution in [1.29, 1.82) is 0 Å². The van der Waals surface area contributed by atoms with Crippen LogP contribution in [-0.2, 0) is 6.42 Å². The first-order valence-corrected chi connectivity index (χ1v) is 6.08.